The molecule has 2 nitrogen and oxygen atoms in total. The second kappa shape index (κ2) is 5.68. The fourth-order valence-electron chi connectivity index (χ4n) is 0.517. The van der Waals surface area contributed by atoms with Crippen molar-refractivity contribution in [1.29, 1.82) is 0 Å². The van der Waals surface area contributed by atoms with Crippen LogP contribution in [0.4, 0.5) is 0 Å². The van der Waals surface area contributed by atoms with Crippen molar-refractivity contribution in [3.63, 3.8) is 0 Å². The molecule has 1 unspecified atom stereocenters. The van der Waals surface area contributed by atoms with Gasteiger partial charge in [-0.05, 0) is 5.57 Å². The monoisotopic (exact) mass is 230 g/mol. The second-order valence-corrected chi connectivity index (χ2v) is 3.77. The molecular weight excluding hydrogens is 222 g/mol. The maximum absolute atomic E-state index is 10.4. The van der Waals surface area contributed by atoms with Gasteiger partial charge in [0, 0.05) is 13.3 Å². The molecule has 0 rings (SSSR count). The minimum absolute atomic E-state index is 0.263. The Morgan fingerprint density at radius 3 is 2.33 bits per heavy atom. The molecule has 0 aromatic carbocycles. The van der Waals surface area contributed by atoms with Gasteiger partial charge in [0.05, 0.1) is 0 Å². The Kier molecular flexibility index (Phi) is 5.72. The zero-order valence-corrected chi connectivity index (χ0v) is 8.79. The molecule has 0 fully saturated rings. The Balaban J connectivity index is 3.76. The van der Waals surface area contributed by atoms with Crippen LogP contribution in [0.25, 0.3) is 0 Å². The highest BCUT2D eigenvalue weighted by Crippen LogP contribution is 2.20. The molecule has 70 valence electrons. The zero-order valence-electron chi connectivity index (χ0n) is 6.52. The predicted octanol–water partition coefficient (Wildman–Crippen LogP) is 2.86. The molecule has 0 amide bonds. The van der Waals surface area contributed by atoms with Gasteiger partial charge >= 0.3 is 5.97 Å². The molecule has 0 bridgehead atoms. The van der Waals surface area contributed by atoms with Gasteiger partial charge in [-0.15, -0.1) is 23.2 Å². The third kappa shape index (κ3) is 5.70. The topological polar surface area (TPSA) is 26.3 Å². The minimum Gasteiger partial charge on any atom is -0.446 e. The van der Waals surface area contributed by atoms with E-state index in [0.29, 0.717) is 5.57 Å². The molecule has 0 N–H and O–H groups in total. The molecule has 0 aliphatic heterocycles. The van der Waals surface area contributed by atoms with Gasteiger partial charge in [-0.2, -0.15) is 0 Å². The van der Waals surface area contributed by atoms with E-state index in [9.17, 15) is 4.79 Å². The summed E-state index contributed by atoms with van der Waals surface area (Å²) < 4.78 is 4.62. The first-order valence-corrected chi connectivity index (χ1v) is 4.51. The number of esters is 1. The van der Waals surface area contributed by atoms with E-state index >= 15 is 0 Å². The lowest BCUT2D eigenvalue weighted by molar-refractivity contribution is -0.142. The lowest BCUT2D eigenvalue weighted by atomic mass is 10.2. The number of ether oxygens (including phenoxy) is 1. The molecule has 0 saturated carbocycles. The van der Waals surface area contributed by atoms with Crippen LogP contribution in [-0.4, -0.2) is 16.4 Å². The number of hydrogen-bond donors (Lipinski definition) is 0. The Hall–Kier alpha value is 0.0800. The minimum atomic E-state index is -0.741. The van der Waals surface area contributed by atoms with Gasteiger partial charge in [0.1, 0.15) is 4.84 Å². The van der Waals surface area contributed by atoms with Gasteiger partial charge in [0.2, 0.25) is 0 Å². The molecule has 0 aromatic heterocycles. The quantitative estimate of drug-likeness (QED) is 0.422. The molecule has 5 heteroatoms. The summed E-state index contributed by atoms with van der Waals surface area (Å²) in [5.74, 6) is -0.441. The van der Waals surface area contributed by atoms with Crippen LogP contribution in [-0.2, 0) is 9.53 Å². The largest absolute Gasteiger partial charge is 0.446 e. The van der Waals surface area contributed by atoms with Crippen LogP contribution in [0.2, 0.25) is 0 Å². The highest BCUT2D eigenvalue weighted by molar-refractivity contribution is 6.46. The number of halogens is 3. The lowest BCUT2D eigenvalue weighted by Gasteiger charge is -2.11. The average molecular weight is 232 g/mol. The van der Waals surface area contributed by atoms with E-state index in [0.717, 1.165) is 0 Å². The number of hydrogen-bond acceptors (Lipinski definition) is 2. The zero-order chi connectivity index (χ0) is 9.72. The smallest absolute Gasteiger partial charge is 0.304 e. The van der Waals surface area contributed by atoms with Gasteiger partial charge in [0.15, 0.2) is 5.56 Å². The summed E-state index contributed by atoms with van der Waals surface area (Å²) in [5, 5.41) is 0. The summed E-state index contributed by atoms with van der Waals surface area (Å²) in [6.45, 7) is 4.84. The fourth-order valence-corrected chi connectivity index (χ4v) is 1.02. The summed E-state index contributed by atoms with van der Waals surface area (Å²) in [7, 11) is 0. The van der Waals surface area contributed by atoms with Crippen LogP contribution >= 0.6 is 34.8 Å². The molecule has 0 heterocycles. The van der Waals surface area contributed by atoms with Crippen molar-refractivity contribution in [2.75, 3.05) is 0 Å². The van der Waals surface area contributed by atoms with Crippen LogP contribution < -0.4 is 0 Å². The molecule has 1 atom stereocenters. The predicted molar refractivity (Wildman–Crippen MR) is 50.7 cm³/mol. The Morgan fingerprint density at radius 2 is 2.00 bits per heavy atom. The first-order valence-electron chi connectivity index (χ1n) is 3.20. The Bertz CT molecular complexity index is 179. The van der Waals surface area contributed by atoms with E-state index in [2.05, 4.69) is 11.3 Å². The van der Waals surface area contributed by atoms with Crippen LogP contribution in [0, 0.1) is 0 Å². The SMILES string of the molecule is C=C(CC(Cl)OC(C)=O)C(Cl)Cl. The highest BCUT2D eigenvalue weighted by Gasteiger charge is 2.13. The van der Waals surface area contributed by atoms with Gasteiger partial charge in [-0.1, -0.05) is 18.2 Å². The summed E-state index contributed by atoms with van der Waals surface area (Å²) in [4.78, 5) is 9.72. The molecule has 0 aliphatic carbocycles. The molecule has 0 aliphatic rings. The molecular formula is C7H9Cl3O2. The summed E-state index contributed by atoms with van der Waals surface area (Å²) in [6.07, 6.45) is 0.263. The highest BCUT2D eigenvalue weighted by atomic mass is 35.5. The molecule has 0 spiro atoms. The maximum Gasteiger partial charge on any atom is 0.304 e. The van der Waals surface area contributed by atoms with Gasteiger partial charge in [0.25, 0.3) is 0 Å². The van der Waals surface area contributed by atoms with Crippen molar-refractivity contribution >= 4 is 40.8 Å². The van der Waals surface area contributed by atoms with Gasteiger partial charge in [-0.25, -0.2) is 0 Å². The molecule has 0 saturated heterocycles. The van der Waals surface area contributed by atoms with Crippen molar-refractivity contribution in [3.05, 3.63) is 12.2 Å². The third-order valence-electron chi connectivity index (χ3n) is 1.03. The standard InChI is InChI=1S/C7H9Cl3O2/c1-4(7(9)10)3-6(8)12-5(2)11/h6-7H,1,3H2,2H3. The van der Waals surface area contributed by atoms with Crippen molar-refractivity contribution in [2.45, 2.75) is 23.7 Å². The van der Waals surface area contributed by atoms with Crippen molar-refractivity contribution in [1.82, 2.24) is 0 Å². The van der Waals surface area contributed by atoms with E-state index in [1.54, 1.807) is 0 Å². The summed E-state index contributed by atoms with van der Waals surface area (Å²) >= 11 is 16.5. The first-order chi connectivity index (χ1) is 5.43. The van der Waals surface area contributed by atoms with Gasteiger partial charge < -0.3 is 4.74 Å². The molecule has 12 heavy (non-hydrogen) atoms. The maximum atomic E-state index is 10.4. The van der Waals surface area contributed by atoms with Crippen molar-refractivity contribution in [2.24, 2.45) is 0 Å². The summed E-state index contributed by atoms with van der Waals surface area (Å²) in [6, 6.07) is 0. The van der Waals surface area contributed by atoms with E-state index < -0.39 is 16.4 Å². The van der Waals surface area contributed by atoms with E-state index in [4.69, 9.17) is 34.8 Å². The Morgan fingerprint density at radius 1 is 1.50 bits per heavy atom. The number of carbonyl (C=O) groups is 1. The average Bonchev–Trinajstić information content (AvgIpc) is 1.84. The van der Waals surface area contributed by atoms with Crippen molar-refractivity contribution in [3.8, 4) is 0 Å². The lowest BCUT2D eigenvalue weighted by Crippen LogP contribution is -2.11. The number of alkyl halides is 3. The number of rotatable bonds is 4. The first kappa shape index (κ1) is 12.1. The molecule has 0 aromatic rings. The van der Waals surface area contributed by atoms with E-state index in [1.807, 2.05) is 0 Å². The van der Waals surface area contributed by atoms with E-state index in [-0.39, 0.29) is 6.42 Å². The van der Waals surface area contributed by atoms with Crippen LogP contribution in [0.3, 0.4) is 0 Å². The number of carbonyl (C=O) groups excluding carboxylic acids is 1. The van der Waals surface area contributed by atoms with Crippen LogP contribution in [0.5, 0.6) is 0 Å². The van der Waals surface area contributed by atoms with Crippen LogP contribution in [0.1, 0.15) is 13.3 Å². The fraction of sp³-hybridized carbons (Fsp3) is 0.571. The third-order valence-corrected chi connectivity index (χ3v) is 1.89. The van der Waals surface area contributed by atoms with Crippen LogP contribution in [0.15, 0.2) is 12.2 Å². The Labute approximate surface area is 86.4 Å². The normalized spacial score (nSPS) is 12.8. The summed E-state index contributed by atoms with van der Waals surface area (Å²) in [5.41, 5.74) is -0.213. The van der Waals surface area contributed by atoms with E-state index in [1.165, 1.54) is 6.92 Å². The van der Waals surface area contributed by atoms with Gasteiger partial charge in [-0.3, -0.25) is 4.79 Å². The van der Waals surface area contributed by atoms with Crippen molar-refractivity contribution < 1.29 is 9.53 Å². The second-order valence-electron chi connectivity index (χ2n) is 2.18. The molecule has 0 radical (unpaired) electrons.